The summed E-state index contributed by atoms with van der Waals surface area (Å²) in [4.78, 5) is 2.60. The van der Waals surface area contributed by atoms with Crippen LogP contribution in [0.1, 0.15) is 81.8 Å². The molecule has 2 atom stereocenters. The van der Waals surface area contributed by atoms with E-state index in [1.807, 2.05) is 0 Å². The molecule has 0 heterocycles. The lowest BCUT2D eigenvalue weighted by Crippen LogP contribution is -2.28. The maximum Gasteiger partial charge on any atom is 0.0540 e. The molecule has 0 fully saturated rings. The molecule has 5 aromatic carbocycles. The van der Waals surface area contributed by atoms with Gasteiger partial charge in [-0.3, -0.25) is 0 Å². The van der Waals surface area contributed by atoms with Gasteiger partial charge in [0.25, 0.3) is 0 Å². The Balaban J connectivity index is 1.43. The molecule has 0 spiro atoms. The van der Waals surface area contributed by atoms with Gasteiger partial charge in [-0.1, -0.05) is 119 Å². The molecule has 0 aliphatic heterocycles. The van der Waals surface area contributed by atoms with Crippen molar-refractivity contribution >= 4 is 22.1 Å². The van der Waals surface area contributed by atoms with E-state index in [0.717, 1.165) is 0 Å². The van der Waals surface area contributed by atoms with Gasteiger partial charge in [0.1, 0.15) is 0 Å². The molecule has 0 aromatic heterocycles. The van der Waals surface area contributed by atoms with Crippen molar-refractivity contribution in [2.24, 2.45) is 11.8 Å². The fourth-order valence-electron chi connectivity index (χ4n) is 8.85. The highest BCUT2D eigenvalue weighted by molar-refractivity contribution is 6.10. The number of nitrogens with zero attached hydrogens (tertiary/aromatic N) is 1. The van der Waals surface area contributed by atoms with Crippen LogP contribution in [0, 0.1) is 25.7 Å². The summed E-state index contributed by atoms with van der Waals surface area (Å²) in [6, 6.07) is 32.7. The first-order valence-corrected chi connectivity index (χ1v) is 17.0. The Kier molecular flexibility index (Phi) is 6.21. The van der Waals surface area contributed by atoms with Crippen LogP contribution in [0.15, 0.2) is 108 Å². The summed E-state index contributed by atoms with van der Waals surface area (Å²) in [5.41, 5.74) is 19.1. The van der Waals surface area contributed by atoms with E-state index in [9.17, 15) is 0 Å². The van der Waals surface area contributed by atoms with E-state index < -0.39 is 0 Å². The van der Waals surface area contributed by atoms with Crippen molar-refractivity contribution in [3.8, 4) is 22.3 Å². The van der Waals surface area contributed by atoms with E-state index in [-0.39, 0.29) is 10.8 Å². The molecule has 0 bridgehead atoms. The normalized spacial score (nSPS) is 20.0. The van der Waals surface area contributed by atoms with Crippen LogP contribution in [0.2, 0.25) is 0 Å². The summed E-state index contributed by atoms with van der Waals surface area (Å²) in [5, 5.41) is 2.65. The van der Waals surface area contributed by atoms with Crippen LogP contribution in [0.3, 0.4) is 0 Å². The van der Waals surface area contributed by atoms with Crippen LogP contribution in [-0.4, -0.2) is 0 Å². The third kappa shape index (κ3) is 3.87. The van der Waals surface area contributed by atoms with Gasteiger partial charge in [0.2, 0.25) is 0 Å². The molecule has 46 heavy (non-hydrogen) atoms. The van der Waals surface area contributed by atoms with Crippen molar-refractivity contribution in [3.63, 3.8) is 0 Å². The third-order valence-corrected chi connectivity index (χ3v) is 11.9. The summed E-state index contributed by atoms with van der Waals surface area (Å²) >= 11 is 0. The molecule has 0 N–H and O–H groups in total. The van der Waals surface area contributed by atoms with Crippen LogP contribution in [-0.2, 0) is 10.8 Å². The Morgan fingerprint density at radius 2 is 1.20 bits per heavy atom. The van der Waals surface area contributed by atoms with Gasteiger partial charge < -0.3 is 4.90 Å². The molecule has 0 radical (unpaired) electrons. The van der Waals surface area contributed by atoms with E-state index in [0.29, 0.717) is 11.8 Å². The lowest BCUT2D eigenvalue weighted by Gasteiger charge is -2.38. The van der Waals surface area contributed by atoms with Crippen molar-refractivity contribution in [1.82, 2.24) is 0 Å². The Hall–Kier alpha value is -4.36. The number of benzene rings is 5. The summed E-state index contributed by atoms with van der Waals surface area (Å²) in [6.07, 6.45) is 4.72. The maximum absolute atomic E-state index is 2.60. The van der Waals surface area contributed by atoms with E-state index in [1.165, 1.54) is 89.1 Å². The minimum absolute atomic E-state index is 0.0324. The molecule has 1 nitrogen and oxygen atoms in total. The quantitative estimate of drug-likeness (QED) is 0.199. The SMILES string of the molecule is CC1=CC=C(N(c2ccc(C)cc2C)c2cc3c(c4ccccc24)-c2cc4c(cc2C3(C)C)-c2ccccc2C4(C)C)C(C)C1C. The summed E-state index contributed by atoms with van der Waals surface area (Å²) < 4.78 is 0. The second-order valence-electron chi connectivity index (χ2n) is 15.3. The maximum atomic E-state index is 2.60. The highest BCUT2D eigenvalue weighted by Crippen LogP contribution is 2.59. The molecule has 0 saturated carbocycles. The molecule has 0 amide bonds. The predicted octanol–water partition coefficient (Wildman–Crippen LogP) is 12.3. The van der Waals surface area contributed by atoms with Crippen LogP contribution in [0.25, 0.3) is 33.0 Å². The lowest BCUT2D eigenvalue weighted by atomic mass is 9.79. The first-order valence-electron chi connectivity index (χ1n) is 17.0. The number of fused-ring (bicyclic) bond motifs is 8. The third-order valence-electron chi connectivity index (χ3n) is 11.9. The average molecular weight is 600 g/mol. The van der Waals surface area contributed by atoms with Crippen molar-refractivity contribution < 1.29 is 0 Å². The zero-order valence-electron chi connectivity index (χ0n) is 28.8. The fraction of sp³-hybridized carbons (Fsp3) is 0.289. The monoisotopic (exact) mass is 599 g/mol. The zero-order valence-corrected chi connectivity index (χ0v) is 28.8. The molecule has 230 valence electrons. The van der Waals surface area contributed by atoms with Crippen LogP contribution in [0.4, 0.5) is 11.4 Å². The number of hydrogen-bond donors (Lipinski definition) is 0. The first kappa shape index (κ1) is 29.1. The average Bonchev–Trinajstić information content (AvgIpc) is 3.40. The van der Waals surface area contributed by atoms with Crippen molar-refractivity contribution in [2.45, 2.75) is 73.1 Å². The van der Waals surface area contributed by atoms with Gasteiger partial charge in [0, 0.05) is 33.5 Å². The van der Waals surface area contributed by atoms with Crippen LogP contribution in [0.5, 0.6) is 0 Å². The molecular weight excluding hydrogens is 555 g/mol. The lowest BCUT2D eigenvalue weighted by molar-refractivity contribution is 0.489. The Morgan fingerprint density at radius 3 is 1.96 bits per heavy atom. The summed E-state index contributed by atoms with van der Waals surface area (Å²) in [5.74, 6) is 0.858. The van der Waals surface area contributed by atoms with Gasteiger partial charge in [-0.05, 0) is 112 Å². The largest absolute Gasteiger partial charge is 0.313 e. The van der Waals surface area contributed by atoms with Crippen molar-refractivity contribution in [3.05, 3.63) is 142 Å². The number of rotatable bonds is 3. The highest BCUT2D eigenvalue weighted by atomic mass is 15.2. The van der Waals surface area contributed by atoms with Gasteiger partial charge in [-0.2, -0.15) is 0 Å². The number of allylic oxidation sites excluding steroid dienone is 4. The molecule has 5 aromatic rings. The Morgan fingerprint density at radius 1 is 0.543 bits per heavy atom. The van der Waals surface area contributed by atoms with Gasteiger partial charge in [-0.15, -0.1) is 0 Å². The molecule has 2 unspecified atom stereocenters. The van der Waals surface area contributed by atoms with Gasteiger partial charge in [-0.25, -0.2) is 0 Å². The molecule has 3 aliphatic rings. The van der Waals surface area contributed by atoms with Crippen LogP contribution >= 0.6 is 0 Å². The molecule has 0 saturated heterocycles. The standard InChI is InChI=1S/C45H45N/c1-26-18-20-40(28(3)22-26)46(41-21-19-27(2)29(4)30(41)5)42-25-39-43(33-16-11-10-15-32(33)42)35-24-37-34(23-38(35)45(39,8)9)31-14-12-13-17-36(31)44(37,6)7/h10-25,29-30H,1-9H3. The second-order valence-corrected chi connectivity index (χ2v) is 15.3. The van der Waals surface area contributed by atoms with Crippen LogP contribution < -0.4 is 4.90 Å². The fourth-order valence-corrected chi connectivity index (χ4v) is 8.85. The number of aryl methyl sites for hydroxylation is 2. The molecule has 3 aliphatic carbocycles. The zero-order chi connectivity index (χ0) is 32.3. The van der Waals surface area contributed by atoms with Gasteiger partial charge >= 0.3 is 0 Å². The predicted molar refractivity (Wildman–Crippen MR) is 197 cm³/mol. The summed E-state index contributed by atoms with van der Waals surface area (Å²) in [7, 11) is 0. The van der Waals surface area contributed by atoms with E-state index in [2.05, 4.69) is 164 Å². The van der Waals surface area contributed by atoms with Gasteiger partial charge in [0.05, 0.1) is 5.69 Å². The second kappa shape index (κ2) is 9.82. The highest BCUT2D eigenvalue weighted by Gasteiger charge is 2.43. The molecule has 1 heteroatoms. The summed E-state index contributed by atoms with van der Waals surface area (Å²) in [6.45, 7) is 21.2. The minimum atomic E-state index is -0.148. The number of anilines is 2. The Labute approximate surface area is 275 Å². The first-order chi connectivity index (χ1) is 21.9. The minimum Gasteiger partial charge on any atom is -0.313 e. The smallest absolute Gasteiger partial charge is 0.0540 e. The van der Waals surface area contributed by atoms with E-state index in [4.69, 9.17) is 0 Å². The van der Waals surface area contributed by atoms with Crippen molar-refractivity contribution in [2.75, 3.05) is 4.90 Å². The topological polar surface area (TPSA) is 3.24 Å². The number of hydrogen-bond acceptors (Lipinski definition) is 1. The molecular formula is C45H45N. The Bertz CT molecular complexity index is 2170. The van der Waals surface area contributed by atoms with Gasteiger partial charge in [0.15, 0.2) is 0 Å². The van der Waals surface area contributed by atoms with E-state index >= 15 is 0 Å². The van der Waals surface area contributed by atoms with Crippen molar-refractivity contribution in [1.29, 1.82) is 0 Å². The van der Waals surface area contributed by atoms with E-state index in [1.54, 1.807) is 0 Å². The molecule has 8 rings (SSSR count).